The van der Waals surface area contributed by atoms with Crippen molar-refractivity contribution < 1.29 is 9.15 Å². The molecule has 1 aliphatic rings. The van der Waals surface area contributed by atoms with Crippen molar-refractivity contribution in [2.45, 2.75) is 36.2 Å². The van der Waals surface area contributed by atoms with Crippen molar-refractivity contribution in [3.8, 4) is 5.75 Å². The molecule has 0 unspecified atom stereocenters. The third-order valence-corrected chi connectivity index (χ3v) is 5.93. The van der Waals surface area contributed by atoms with Gasteiger partial charge in [0.15, 0.2) is 5.16 Å². The van der Waals surface area contributed by atoms with Gasteiger partial charge in [-0.2, -0.15) is 15.0 Å². The number of benzene rings is 1. The Hall–Kier alpha value is -3.60. The molecular formula is C21H22N8O2S. The van der Waals surface area contributed by atoms with Gasteiger partial charge < -0.3 is 20.2 Å². The summed E-state index contributed by atoms with van der Waals surface area (Å²) in [7, 11) is 1.61. The van der Waals surface area contributed by atoms with E-state index < -0.39 is 0 Å². The zero-order valence-corrected chi connectivity index (χ0v) is 18.2. The van der Waals surface area contributed by atoms with Gasteiger partial charge in [-0.05, 0) is 37.1 Å². The van der Waals surface area contributed by atoms with Crippen molar-refractivity contribution >= 4 is 29.3 Å². The van der Waals surface area contributed by atoms with Crippen molar-refractivity contribution in [1.82, 2.24) is 29.7 Å². The summed E-state index contributed by atoms with van der Waals surface area (Å²) in [6.07, 6.45) is 3.96. The van der Waals surface area contributed by atoms with Gasteiger partial charge in [0.05, 0.1) is 31.4 Å². The SMILES string of the molecule is COc1ccccc1Nc1nc(N)nc(CSc2nnc(C3CC3)n2Cc2ccco2)n1. The molecule has 0 radical (unpaired) electrons. The first-order chi connectivity index (χ1) is 15.7. The Kier molecular flexibility index (Phi) is 5.63. The molecule has 1 aliphatic carbocycles. The fourth-order valence-corrected chi connectivity index (χ4v) is 4.11. The molecule has 3 heterocycles. The number of nitrogens with zero attached hydrogens (tertiary/aromatic N) is 6. The number of ether oxygens (including phenoxy) is 1. The molecule has 3 aromatic heterocycles. The Balaban J connectivity index is 1.34. The molecule has 5 rings (SSSR count). The van der Waals surface area contributed by atoms with Crippen LogP contribution in [0.5, 0.6) is 5.75 Å². The molecule has 11 heteroatoms. The number of nitrogens with two attached hydrogens (primary N) is 1. The summed E-state index contributed by atoms with van der Waals surface area (Å²) < 4.78 is 13.0. The van der Waals surface area contributed by atoms with Gasteiger partial charge in [0.25, 0.3) is 0 Å². The second kappa shape index (κ2) is 8.87. The highest BCUT2D eigenvalue weighted by atomic mass is 32.2. The van der Waals surface area contributed by atoms with E-state index in [-0.39, 0.29) is 5.95 Å². The van der Waals surface area contributed by atoms with Crippen molar-refractivity contribution in [2.75, 3.05) is 18.2 Å². The number of nitrogen functional groups attached to an aromatic ring is 1. The van der Waals surface area contributed by atoms with Crippen molar-refractivity contribution in [3.63, 3.8) is 0 Å². The summed E-state index contributed by atoms with van der Waals surface area (Å²) in [4.78, 5) is 13.0. The molecule has 1 aromatic carbocycles. The lowest BCUT2D eigenvalue weighted by Crippen LogP contribution is -2.08. The largest absolute Gasteiger partial charge is 0.495 e. The van der Waals surface area contributed by atoms with E-state index in [1.807, 2.05) is 36.4 Å². The van der Waals surface area contributed by atoms with Crippen LogP contribution < -0.4 is 15.8 Å². The molecule has 1 saturated carbocycles. The first kappa shape index (κ1) is 20.3. The Morgan fingerprint density at radius 1 is 1.16 bits per heavy atom. The number of nitrogens with one attached hydrogen (secondary N) is 1. The smallest absolute Gasteiger partial charge is 0.232 e. The average Bonchev–Trinajstić information content (AvgIpc) is 3.35. The van der Waals surface area contributed by atoms with Gasteiger partial charge in [-0.3, -0.25) is 4.57 Å². The maximum absolute atomic E-state index is 5.94. The molecule has 10 nitrogen and oxygen atoms in total. The second-order valence-corrected chi connectivity index (χ2v) is 8.27. The number of thioether (sulfide) groups is 1. The van der Waals surface area contributed by atoms with Crippen LogP contribution in [-0.2, 0) is 12.3 Å². The van der Waals surface area contributed by atoms with Gasteiger partial charge in [-0.15, -0.1) is 10.2 Å². The number of hydrogen-bond donors (Lipinski definition) is 2. The molecule has 32 heavy (non-hydrogen) atoms. The van der Waals surface area contributed by atoms with Crippen LogP contribution >= 0.6 is 11.8 Å². The molecule has 4 aromatic rings. The maximum atomic E-state index is 5.94. The lowest BCUT2D eigenvalue weighted by Gasteiger charge is -2.11. The van der Waals surface area contributed by atoms with E-state index in [1.54, 1.807) is 13.4 Å². The van der Waals surface area contributed by atoms with E-state index in [4.69, 9.17) is 14.9 Å². The number of aromatic nitrogens is 6. The van der Waals surface area contributed by atoms with Crippen molar-refractivity contribution in [3.05, 3.63) is 60.1 Å². The zero-order chi connectivity index (χ0) is 21.9. The van der Waals surface area contributed by atoms with Gasteiger partial charge in [0.2, 0.25) is 11.9 Å². The van der Waals surface area contributed by atoms with Crippen LogP contribution in [0.3, 0.4) is 0 Å². The van der Waals surface area contributed by atoms with Gasteiger partial charge in [-0.1, -0.05) is 23.9 Å². The molecule has 0 atom stereocenters. The fourth-order valence-electron chi connectivity index (χ4n) is 3.31. The van der Waals surface area contributed by atoms with Crippen LogP contribution in [0.15, 0.2) is 52.2 Å². The molecule has 3 N–H and O–H groups in total. The van der Waals surface area contributed by atoms with E-state index in [9.17, 15) is 0 Å². The van der Waals surface area contributed by atoms with E-state index in [0.717, 1.165) is 35.3 Å². The quantitative estimate of drug-likeness (QED) is 0.365. The Labute approximate surface area is 188 Å². The van der Waals surface area contributed by atoms with Gasteiger partial charge in [-0.25, -0.2) is 0 Å². The number of furan rings is 1. The predicted molar refractivity (Wildman–Crippen MR) is 120 cm³/mol. The topological polar surface area (TPSA) is 130 Å². The van der Waals surface area contributed by atoms with E-state index >= 15 is 0 Å². The Morgan fingerprint density at radius 2 is 2.03 bits per heavy atom. The Bertz CT molecular complexity index is 1210. The highest BCUT2D eigenvalue weighted by Gasteiger charge is 2.30. The highest BCUT2D eigenvalue weighted by molar-refractivity contribution is 7.98. The number of hydrogen-bond acceptors (Lipinski definition) is 10. The average molecular weight is 451 g/mol. The summed E-state index contributed by atoms with van der Waals surface area (Å²) >= 11 is 1.51. The summed E-state index contributed by atoms with van der Waals surface area (Å²) in [5, 5.41) is 12.8. The van der Waals surface area contributed by atoms with E-state index in [2.05, 4.69) is 35.0 Å². The van der Waals surface area contributed by atoms with E-state index in [0.29, 0.717) is 35.7 Å². The predicted octanol–water partition coefficient (Wildman–Crippen LogP) is 3.61. The van der Waals surface area contributed by atoms with Crippen molar-refractivity contribution in [2.24, 2.45) is 0 Å². The molecule has 0 bridgehead atoms. The van der Waals surface area contributed by atoms with Gasteiger partial charge in [0.1, 0.15) is 23.2 Å². The monoisotopic (exact) mass is 450 g/mol. The summed E-state index contributed by atoms with van der Waals surface area (Å²) in [6.45, 7) is 0.591. The lowest BCUT2D eigenvalue weighted by atomic mass is 10.3. The maximum Gasteiger partial charge on any atom is 0.232 e. The molecule has 0 spiro atoms. The molecule has 0 amide bonds. The first-order valence-corrected chi connectivity index (χ1v) is 11.2. The number of rotatable bonds is 9. The van der Waals surface area contributed by atoms with Crippen molar-refractivity contribution in [1.29, 1.82) is 0 Å². The molecule has 164 valence electrons. The lowest BCUT2D eigenvalue weighted by molar-refractivity contribution is 0.417. The van der Waals surface area contributed by atoms with Crippen LogP contribution in [0.4, 0.5) is 17.6 Å². The summed E-state index contributed by atoms with van der Waals surface area (Å²) in [5.74, 6) is 4.52. The third-order valence-electron chi connectivity index (χ3n) is 4.96. The third kappa shape index (κ3) is 4.52. The summed E-state index contributed by atoms with van der Waals surface area (Å²) in [6, 6.07) is 11.4. The van der Waals surface area contributed by atoms with Crippen LogP contribution in [0.2, 0.25) is 0 Å². The summed E-state index contributed by atoms with van der Waals surface area (Å²) in [5.41, 5.74) is 6.68. The minimum Gasteiger partial charge on any atom is -0.495 e. The molecule has 1 fully saturated rings. The first-order valence-electron chi connectivity index (χ1n) is 10.2. The highest BCUT2D eigenvalue weighted by Crippen LogP contribution is 2.40. The number of para-hydroxylation sites is 2. The minimum atomic E-state index is 0.142. The van der Waals surface area contributed by atoms with Crippen LogP contribution in [0.25, 0.3) is 0 Å². The number of anilines is 3. The van der Waals surface area contributed by atoms with Crippen LogP contribution in [0, 0.1) is 0 Å². The fraction of sp³-hybridized carbons (Fsp3) is 0.286. The van der Waals surface area contributed by atoms with Crippen LogP contribution in [-0.4, -0.2) is 36.8 Å². The number of methoxy groups -OCH3 is 1. The van der Waals surface area contributed by atoms with Gasteiger partial charge >= 0.3 is 0 Å². The normalized spacial score (nSPS) is 13.3. The van der Waals surface area contributed by atoms with Crippen LogP contribution in [0.1, 0.15) is 36.2 Å². The molecular weight excluding hydrogens is 428 g/mol. The van der Waals surface area contributed by atoms with E-state index in [1.165, 1.54) is 11.8 Å². The minimum absolute atomic E-state index is 0.142. The standard InChI is InChI=1S/C21H22N8O2S/c1-30-16-7-3-2-6-15(16)23-20-25-17(24-19(22)26-20)12-32-21-28-27-18(13-8-9-13)29(21)11-14-5-4-10-31-14/h2-7,10,13H,8-9,11-12H2,1H3,(H3,22,23,24,25,26). The molecule has 0 aliphatic heterocycles. The van der Waals surface area contributed by atoms with Gasteiger partial charge in [0, 0.05) is 5.92 Å². The Morgan fingerprint density at radius 3 is 2.81 bits per heavy atom. The molecule has 0 saturated heterocycles. The zero-order valence-electron chi connectivity index (χ0n) is 17.4. The second-order valence-electron chi connectivity index (χ2n) is 7.33.